The number of piperidine rings is 1. The number of rotatable bonds is 3. The van der Waals surface area contributed by atoms with Crippen LogP contribution in [-0.4, -0.2) is 43.2 Å². The van der Waals surface area contributed by atoms with Crippen molar-refractivity contribution < 1.29 is 17.9 Å². The first-order valence-electron chi connectivity index (χ1n) is 7.94. The van der Waals surface area contributed by atoms with Gasteiger partial charge in [0.1, 0.15) is 6.61 Å². The first-order valence-corrected chi connectivity index (χ1v) is 9.44. The summed E-state index contributed by atoms with van der Waals surface area (Å²) in [4.78, 5) is 13.9. The van der Waals surface area contributed by atoms with Crippen LogP contribution in [0.5, 0.6) is 0 Å². The number of anilines is 1. The molecule has 0 unspecified atom stereocenters. The normalized spacial score (nSPS) is 20.5. The van der Waals surface area contributed by atoms with Crippen LogP contribution >= 0.6 is 0 Å². The van der Waals surface area contributed by atoms with Gasteiger partial charge in [-0.1, -0.05) is 18.2 Å². The van der Waals surface area contributed by atoms with Gasteiger partial charge in [0.25, 0.3) is 0 Å². The van der Waals surface area contributed by atoms with Crippen molar-refractivity contribution >= 4 is 21.8 Å². The summed E-state index contributed by atoms with van der Waals surface area (Å²) < 4.78 is 31.3. The van der Waals surface area contributed by atoms with Crippen LogP contribution in [0.15, 0.2) is 24.3 Å². The lowest BCUT2D eigenvalue weighted by Gasteiger charge is -2.40. The fraction of sp³-hybridized carbons (Fsp3) is 0.562. The zero-order valence-electron chi connectivity index (χ0n) is 13.4. The summed E-state index contributed by atoms with van der Waals surface area (Å²) >= 11 is 0. The second-order valence-corrected chi connectivity index (χ2v) is 8.77. The number of benzene rings is 1. The van der Waals surface area contributed by atoms with Gasteiger partial charge in [-0.3, -0.25) is 4.90 Å². The van der Waals surface area contributed by atoms with Gasteiger partial charge in [0.2, 0.25) is 10.0 Å². The largest absolute Gasteiger partial charge is 0.444 e. The summed E-state index contributed by atoms with van der Waals surface area (Å²) in [5.74, 6) is 0. The van der Waals surface area contributed by atoms with Crippen molar-refractivity contribution in [2.24, 2.45) is 0 Å². The van der Waals surface area contributed by atoms with Crippen LogP contribution in [0.1, 0.15) is 32.3 Å². The van der Waals surface area contributed by atoms with E-state index in [4.69, 9.17) is 4.74 Å². The monoisotopic (exact) mass is 338 g/mol. The fourth-order valence-corrected chi connectivity index (χ4v) is 4.49. The third-order valence-corrected chi connectivity index (χ3v) is 6.82. The van der Waals surface area contributed by atoms with Crippen molar-refractivity contribution in [1.29, 1.82) is 0 Å². The van der Waals surface area contributed by atoms with Gasteiger partial charge in [-0.15, -0.1) is 0 Å². The first kappa shape index (κ1) is 16.3. The average molecular weight is 338 g/mol. The van der Waals surface area contributed by atoms with Gasteiger partial charge in [-0.2, -0.15) is 0 Å². The molecule has 1 aromatic rings. The topological polar surface area (TPSA) is 66.9 Å². The van der Waals surface area contributed by atoms with Gasteiger partial charge < -0.3 is 4.74 Å². The maximum atomic E-state index is 12.3. The molecule has 6 nitrogen and oxygen atoms in total. The molecular formula is C16H22N2O4S. The van der Waals surface area contributed by atoms with Crippen LogP contribution in [0.25, 0.3) is 0 Å². The molecule has 0 atom stereocenters. The van der Waals surface area contributed by atoms with Crippen molar-refractivity contribution in [2.45, 2.75) is 44.6 Å². The Morgan fingerprint density at radius 1 is 1.17 bits per heavy atom. The number of carbonyl (C=O) groups excluding carboxylic acids is 1. The van der Waals surface area contributed by atoms with E-state index in [9.17, 15) is 13.2 Å². The van der Waals surface area contributed by atoms with Gasteiger partial charge in [0, 0.05) is 24.7 Å². The smallest absolute Gasteiger partial charge is 0.414 e. The van der Waals surface area contributed by atoms with Crippen LogP contribution in [-0.2, 0) is 21.4 Å². The summed E-state index contributed by atoms with van der Waals surface area (Å²) in [7, 11) is -3.23. The summed E-state index contributed by atoms with van der Waals surface area (Å²) in [6.45, 7) is 4.57. The Morgan fingerprint density at radius 3 is 2.48 bits per heavy atom. The molecule has 1 amide bonds. The minimum absolute atomic E-state index is 0.0254. The molecule has 0 spiro atoms. The van der Waals surface area contributed by atoms with E-state index in [0.717, 1.165) is 11.3 Å². The van der Waals surface area contributed by atoms with Gasteiger partial charge in [0.05, 0.1) is 10.9 Å². The predicted molar refractivity (Wildman–Crippen MR) is 87.8 cm³/mol. The van der Waals surface area contributed by atoms with Gasteiger partial charge in [-0.25, -0.2) is 17.5 Å². The summed E-state index contributed by atoms with van der Waals surface area (Å²) in [5.41, 5.74) is 1.87. The molecule has 23 heavy (non-hydrogen) atoms. The van der Waals surface area contributed by atoms with Crippen molar-refractivity contribution in [2.75, 3.05) is 18.0 Å². The third kappa shape index (κ3) is 2.95. The van der Waals surface area contributed by atoms with Crippen LogP contribution < -0.4 is 4.90 Å². The number of amides is 1. The maximum absolute atomic E-state index is 12.3. The highest BCUT2D eigenvalue weighted by Gasteiger charge is 2.37. The second kappa shape index (κ2) is 6.13. The van der Waals surface area contributed by atoms with Gasteiger partial charge in [-0.05, 0) is 32.8 Å². The molecule has 3 rings (SSSR count). The predicted octanol–water partition coefficient (Wildman–Crippen LogP) is 2.35. The van der Waals surface area contributed by atoms with E-state index in [-0.39, 0.29) is 12.1 Å². The molecule has 1 aromatic carbocycles. The highest BCUT2D eigenvalue weighted by Crippen LogP contribution is 2.32. The molecule has 0 bridgehead atoms. The Balaban J connectivity index is 1.77. The Labute approximate surface area is 137 Å². The SMILES string of the molecule is CC(C)S(=O)(=O)N1CCC(N2C(=O)OCc3ccccc32)CC1. The Kier molecular flexibility index (Phi) is 4.33. The molecule has 0 aromatic heterocycles. The number of carbonyl (C=O) groups is 1. The summed E-state index contributed by atoms with van der Waals surface area (Å²) in [6, 6.07) is 7.68. The highest BCUT2D eigenvalue weighted by molar-refractivity contribution is 7.89. The van der Waals surface area contributed by atoms with Crippen LogP contribution in [0, 0.1) is 0 Å². The Hall–Kier alpha value is -1.60. The quantitative estimate of drug-likeness (QED) is 0.848. The maximum Gasteiger partial charge on any atom is 0.414 e. The van der Waals surface area contributed by atoms with Crippen molar-refractivity contribution in [3.8, 4) is 0 Å². The Bertz CT molecular complexity index is 694. The lowest BCUT2D eigenvalue weighted by Crippen LogP contribution is -2.51. The van der Waals surface area contributed by atoms with Crippen LogP contribution in [0.4, 0.5) is 10.5 Å². The first-order chi connectivity index (χ1) is 10.9. The number of fused-ring (bicyclic) bond motifs is 1. The molecule has 0 N–H and O–H groups in total. The molecule has 0 aliphatic carbocycles. The van der Waals surface area contributed by atoms with E-state index in [1.165, 1.54) is 4.31 Å². The third-order valence-electron chi connectivity index (χ3n) is 4.54. The van der Waals surface area contributed by atoms with E-state index < -0.39 is 15.3 Å². The molecule has 1 saturated heterocycles. The van der Waals surface area contributed by atoms with E-state index in [1.807, 2.05) is 24.3 Å². The van der Waals surface area contributed by atoms with Gasteiger partial charge in [0.15, 0.2) is 0 Å². The molecule has 126 valence electrons. The van der Waals surface area contributed by atoms with Crippen molar-refractivity contribution in [1.82, 2.24) is 4.31 Å². The zero-order chi connectivity index (χ0) is 16.6. The number of sulfonamides is 1. The number of ether oxygens (including phenoxy) is 1. The van der Waals surface area contributed by atoms with E-state index in [1.54, 1.807) is 18.7 Å². The average Bonchev–Trinajstić information content (AvgIpc) is 2.55. The number of hydrogen-bond donors (Lipinski definition) is 0. The molecule has 1 fully saturated rings. The molecule has 2 aliphatic rings. The Morgan fingerprint density at radius 2 is 1.83 bits per heavy atom. The molecule has 0 saturated carbocycles. The lowest BCUT2D eigenvalue weighted by molar-refractivity contribution is 0.135. The standard InChI is InChI=1S/C16H22N2O4S/c1-12(2)23(20,21)17-9-7-14(8-10-17)18-15-6-4-3-5-13(15)11-22-16(18)19/h3-6,12,14H,7-11H2,1-2H3. The summed E-state index contributed by atoms with van der Waals surface area (Å²) in [5, 5.41) is -0.417. The number of para-hydroxylation sites is 1. The van der Waals surface area contributed by atoms with Crippen LogP contribution in [0.2, 0.25) is 0 Å². The van der Waals surface area contributed by atoms with Crippen molar-refractivity contribution in [3.63, 3.8) is 0 Å². The number of nitrogens with zero attached hydrogens (tertiary/aromatic N) is 2. The molecular weight excluding hydrogens is 316 g/mol. The molecule has 0 radical (unpaired) electrons. The van der Waals surface area contributed by atoms with Crippen LogP contribution in [0.3, 0.4) is 0 Å². The molecule has 7 heteroatoms. The number of hydrogen-bond acceptors (Lipinski definition) is 4. The second-order valence-electron chi connectivity index (χ2n) is 6.28. The summed E-state index contributed by atoms with van der Waals surface area (Å²) in [6.07, 6.45) is 0.902. The molecule has 2 aliphatic heterocycles. The minimum atomic E-state index is -3.23. The van der Waals surface area contributed by atoms with E-state index >= 15 is 0 Å². The minimum Gasteiger partial charge on any atom is -0.444 e. The van der Waals surface area contributed by atoms with Crippen molar-refractivity contribution in [3.05, 3.63) is 29.8 Å². The fourth-order valence-electron chi connectivity index (χ4n) is 3.17. The molecule has 2 heterocycles. The van der Waals surface area contributed by atoms with Gasteiger partial charge >= 0.3 is 6.09 Å². The highest BCUT2D eigenvalue weighted by atomic mass is 32.2. The van der Waals surface area contributed by atoms with E-state index in [0.29, 0.717) is 32.5 Å². The number of cyclic esters (lactones) is 1. The van der Waals surface area contributed by atoms with E-state index in [2.05, 4.69) is 0 Å². The lowest BCUT2D eigenvalue weighted by atomic mass is 10.0. The zero-order valence-corrected chi connectivity index (χ0v) is 14.3.